The van der Waals surface area contributed by atoms with Crippen molar-refractivity contribution in [2.75, 3.05) is 6.61 Å². The molecular formula is C25H33F2N3O5. The van der Waals surface area contributed by atoms with Crippen molar-refractivity contribution in [3.8, 4) is 5.75 Å². The fourth-order valence-corrected chi connectivity index (χ4v) is 3.06. The van der Waals surface area contributed by atoms with Gasteiger partial charge in [0.05, 0.1) is 11.7 Å². The minimum Gasteiger partial charge on any atom is -0.487 e. The number of rotatable bonds is 11. The number of amides is 1. The van der Waals surface area contributed by atoms with Crippen molar-refractivity contribution in [1.29, 1.82) is 5.41 Å². The summed E-state index contributed by atoms with van der Waals surface area (Å²) in [5, 5.41) is 17.5. The van der Waals surface area contributed by atoms with E-state index in [2.05, 4.69) is 5.32 Å². The zero-order chi connectivity index (χ0) is 26.5. The molecule has 0 bridgehead atoms. The number of aliphatic carboxylic acids is 1. The largest absolute Gasteiger partial charge is 0.487 e. The lowest BCUT2D eigenvalue weighted by molar-refractivity contribution is -0.134. The maximum absolute atomic E-state index is 15.1. The maximum atomic E-state index is 15.1. The molecule has 2 aromatic rings. The van der Waals surface area contributed by atoms with E-state index in [1.807, 2.05) is 13.8 Å². The van der Waals surface area contributed by atoms with Gasteiger partial charge >= 0.3 is 0 Å². The number of carboxylic acids is 1. The van der Waals surface area contributed by atoms with Crippen molar-refractivity contribution in [2.45, 2.75) is 59.3 Å². The summed E-state index contributed by atoms with van der Waals surface area (Å²) in [4.78, 5) is 21.8. The van der Waals surface area contributed by atoms with Gasteiger partial charge in [0.25, 0.3) is 11.9 Å². The Balaban J connectivity index is 0.00000142. The molecule has 35 heavy (non-hydrogen) atoms. The molecule has 0 saturated heterocycles. The molecule has 1 atom stereocenters. The number of hydrogen-bond donors (Lipinski definition) is 4. The Morgan fingerprint density at radius 1 is 1.09 bits per heavy atom. The fraction of sp³-hybridized carbons (Fsp3) is 0.400. The van der Waals surface area contributed by atoms with E-state index in [9.17, 15) is 9.18 Å². The van der Waals surface area contributed by atoms with Crippen LogP contribution in [-0.2, 0) is 20.9 Å². The van der Waals surface area contributed by atoms with Crippen LogP contribution in [0.5, 0.6) is 5.75 Å². The quantitative estimate of drug-likeness (QED) is 0.272. The summed E-state index contributed by atoms with van der Waals surface area (Å²) >= 11 is 0. The van der Waals surface area contributed by atoms with Gasteiger partial charge in [-0.2, -0.15) is 0 Å². The van der Waals surface area contributed by atoms with Gasteiger partial charge in [-0.15, -0.1) is 0 Å². The topological polar surface area (TPSA) is 135 Å². The molecule has 8 nitrogen and oxygen atoms in total. The Morgan fingerprint density at radius 3 is 2.14 bits per heavy atom. The van der Waals surface area contributed by atoms with Gasteiger partial charge in [0, 0.05) is 25.6 Å². The predicted molar refractivity (Wildman–Crippen MR) is 128 cm³/mol. The van der Waals surface area contributed by atoms with Gasteiger partial charge in [-0.3, -0.25) is 15.0 Å². The molecule has 1 unspecified atom stereocenters. The average molecular weight is 494 g/mol. The molecule has 0 spiro atoms. The van der Waals surface area contributed by atoms with Crippen LogP contribution in [0.25, 0.3) is 0 Å². The Morgan fingerprint density at radius 2 is 1.66 bits per heavy atom. The molecule has 1 amide bonds. The minimum atomic E-state index is -1.47. The Kier molecular flexibility index (Phi) is 12.4. The van der Waals surface area contributed by atoms with E-state index >= 15 is 4.39 Å². The van der Waals surface area contributed by atoms with Gasteiger partial charge in [0.15, 0.2) is 17.7 Å². The van der Waals surface area contributed by atoms with E-state index in [1.54, 1.807) is 31.2 Å². The molecule has 0 aliphatic heterocycles. The first kappa shape index (κ1) is 29.5. The summed E-state index contributed by atoms with van der Waals surface area (Å²) in [6.45, 7) is 6.75. The zero-order valence-electron chi connectivity index (χ0n) is 20.4. The van der Waals surface area contributed by atoms with Gasteiger partial charge in [-0.05, 0) is 37.5 Å². The number of hydrogen-bond acceptors (Lipinski definition) is 5. The summed E-state index contributed by atoms with van der Waals surface area (Å²) in [5.41, 5.74) is 6.24. The molecule has 10 heteroatoms. The molecule has 192 valence electrons. The third kappa shape index (κ3) is 9.32. The van der Waals surface area contributed by atoms with E-state index in [0.29, 0.717) is 18.4 Å². The van der Waals surface area contributed by atoms with Crippen LogP contribution in [0.2, 0.25) is 0 Å². The monoisotopic (exact) mass is 493 g/mol. The van der Waals surface area contributed by atoms with Crippen molar-refractivity contribution < 1.29 is 33.0 Å². The number of halogens is 2. The van der Waals surface area contributed by atoms with Crippen LogP contribution < -0.4 is 15.8 Å². The average Bonchev–Trinajstić information content (AvgIpc) is 2.81. The lowest BCUT2D eigenvalue weighted by Crippen LogP contribution is -2.32. The molecule has 2 aromatic carbocycles. The number of nitrogen functional groups attached to an aromatic ring is 1. The fourth-order valence-electron chi connectivity index (χ4n) is 3.06. The van der Waals surface area contributed by atoms with Crippen molar-refractivity contribution in [3.05, 3.63) is 64.7 Å². The van der Waals surface area contributed by atoms with E-state index in [1.165, 1.54) is 6.07 Å². The second-order valence-corrected chi connectivity index (χ2v) is 7.51. The van der Waals surface area contributed by atoms with Crippen LogP contribution in [0.1, 0.15) is 63.3 Å². The second-order valence-electron chi connectivity index (χ2n) is 7.51. The molecule has 0 heterocycles. The third-order valence-electron chi connectivity index (χ3n) is 4.86. The lowest BCUT2D eigenvalue weighted by Gasteiger charge is -2.21. The van der Waals surface area contributed by atoms with Gasteiger partial charge in [-0.1, -0.05) is 38.1 Å². The molecule has 0 saturated carbocycles. The number of carboxylic acid groups (broad SMARTS) is 1. The van der Waals surface area contributed by atoms with E-state index in [0.717, 1.165) is 18.6 Å². The van der Waals surface area contributed by atoms with Gasteiger partial charge in [0.1, 0.15) is 11.7 Å². The number of ether oxygens (including phenoxy) is 2. The van der Waals surface area contributed by atoms with Crippen molar-refractivity contribution in [2.24, 2.45) is 5.73 Å². The number of carbonyl (C=O) groups is 2. The summed E-state index contributed by atoms with van der Waals surface area (Å²) in [7, 11) is 0. The van der Waals surface area contributed by atoms with Crippen molar-refractivity contribution in [3.63, 3.8) is 0 Å². The smallest absolute Gasteiger partial charge is 0.300 e. The summed E-state index contributed by atoms with van der Waals surface area (Å²) in [5.74, 6) is -3.49. The number of benzene rings is 2. The van der Waals surface area contributed by atoms with Crippen LogP contribution in [0, 0.1) is 17.0 Å². The van der Waals surface area contributed by atoms with Crippen LogP contribution in [0.4, 0.5) is 8.78 Å². The first-order valence-electron chi connectivity index (χ1n) is 11.2. The third-order valence-corrected chi connectivity index (χ3v) is 4.86. The summed E-state index contributed by atoms with van der Waals surface area (Å²) < 4.78 is 40.7. The van der Waals surface area contributed by atoms with Gasteiger partial charge < -0.3 is 25.6 Å². The van der Waals surface area contributed by atoms with Gasteiger partial charge in [-0.25, -0.2) is 8.78 Å². The van der Waals surface area contributed by atoms with Crippen LogP contribution >= 0.6 is 0 Å². The Labute approximate surface area is 203 Å². The molecule has 2 rings (SSSR count). The number of nitrogens with one attached hydrogen (secondary N) is 2. The van der Waals surface area contributed by atoms with Crippen LogP contribution in [0.15, 0.2) is 36.4 Å². The molecule has 0 radical (unpaired) electrons. The van der Waals surface area contributed by atoms with Gasteiger partial charge in [0.2, 0.25) is 0 Å². The molecule has 0 fully saturated rings. The van der Waals surface area contributed by atoms with Crippen molar-refractivity contribution >= 4 is 17.7 Å². The number of carbonyl (C=O) groups excluding carboxylic acids is 1. The van der Waals surface area contributed by atoms with E-state index in [-0.39, 0.29) is 30.8 Å². The highest BCUT2D eigenvalue weighted by Gasteiger charge is 2.30. The zero-order valence-corrected chi connectivity index (χ0v) is 20.4. The highest BCUT2D eigenvalue weighted by molar-refractivity contribution is 5.94. The molecular weight excluding hydrogens is 460 g/mol. The first-order chi connectivity index (χ1) is 16.5. The second kappa shape index (κ2) is 14.7. The normalized spacial score (nSPS) is 11.3. The highest BCUT2D eigenvalue weighted by atomic mass is 19.1. The van der Waals surface area contributed by atoms with E-state index in [4.69, 9.17) is 30.5 Å². The van der Waals surface area contributed by atoms with E-state index < -0.39 is 35.2 Å². The molecule has 0 aliphatic carbocycles. The minimum absolute atomic E-state index is 0.0616. The molecule has 0 aliphatic rings. The SMILES string of the molecule is CC(=O)O.CCOC(C(=O)NCc1ccc(C(=N)N)cc1)c1c(F)ccc(OC(CC)CC)c1F. The first-order valence-corrected chi connectivity index (χ1v) is 11.2. The maximum Gasteiger partial charge on any atom is 0.300 e. The predicted octanol–water partition coefficient (Wildman–Crippen LogP) is 4.30. The number of nitrogens with two attached hydrogens (primary N) is 1. The molecule has 0 aromatic heterocycles. The summed E-state index contributed by atoms with van der Waals surface area (Å²) in [6.07, 6.45) is -0.349. The standard InChI is InChI=1S/C23H29F2N3O3.C2H4O2/c1-4-16(5-2)31-18-12-11-17(24)19(20(18)25)21(30-6-3)23(29)28-13-14-7-9-15(10-8-14)22(26)27;1-2(3)4/h7-12,16,21H,4-6,13H2,1-3H3,(H3,26,27)(H,28,29);1H3,(H,3,4). The summed E-state index contributed by atoms with van der Waals surface area (Å²) in [6, 6.07) is 9.03. The Hall–Kier alpha value is -3.53. The Bertz CT molecular complexity index is 991. The lowest BCUT2D eigenvalue weighted by atomic mass is 10.1. The highest BCUT2D eigenvalue weighted by Crippen LogP contribution is 2.31. The number of amidine groups is 1. The van der Waals surface area contributed by atoms with Crippen LogP contribution in [0.3, 0.4) is 0 Å². The molecule has 5 N–H and O–H groups in total. The van der Waals surface area contributed by atoms with Crippen LogP contribution in [-0.4, -0.2) is 35.5 Å². The van der Waals surface area contributed by atoms with Crippen molar-refractivity contribution in [1.82, 2.24) is 5.32 Å².